The summed E-state index contributed by atoms with van der Waals surface area (Å²) in [4.78, 5) is 24.2. The smallest absolute Gasteiger partial charge is 0.305 e. The molecule has 0 fully saturated rings. The summed E-state index contributed by atoms with van der Waals surface area (Å²) in [5.41, 5.74) is 1.28. The minimum absolute atomic E-state index is 0.0769. The maximum atomic E-state index is 12.1. The zero-order chi connectivity index (χ0) is 15.8. The van der Waals surface area contributed by atoms with Crippen molar-refractivity contribution in [1.82, 2.24) is 4.90 Å². The number of hydrogen-bond donors (Lipinski definition) is 1. The summed E-state index contributed by atoms with van der Waals surface area (Å²) >= 11 is 0. The van der Waals surface area contributed by atoms with Crippen LogP contribution in [-0.4, -0.2) is 34.5 Å². The maximum Gasteiger partial charge on any atom is 0.305 e. The molecule has 0 aliphatic carbocycles. The van der Waals surface area contributed by atoms with Gasteiger partial charge < -0.3 is 10.0 Å². The second-order valence-corrected chi connectivity index (χ2v) is 4.84. The highest BCUT2D eigenvalue weighted by atomic mass is 16.4. The molecule has 0 aliphatic rings. The van der Waals surface area contributed by atoms with E-state index in [9.17, 15) is 9.59 Å². The summed E-state index contributed by atoms with van der Waals surface area (Å²) in [5.74, 6) is -1.17. The molecule has 5 nitrogen and oxygen atoms in total. The fraction of sp³-hybridized carbons (Fsp3) is 0.312. The van der Waals surface area contributed by atoms with E-state index in [1.807, 2.05) is 19.9 Å². The molecule has 0 heterocycles. The number of carbonyl (C=O) groups excluding carboxylic acids is 1. The maximum absolute atomic E-state index is 12.1. The van der Waals surface area contributed by atoms with Crippen LogP contribution in [-0.2, 0) is 9.59 Å². The van der Waals surface area contributed by atoms with Crippen molar-refractivity contribution in [1.29, 1.82) is 5.26 Å². The number of aliphatic carboxylic acids is 1. The van der Waals surface area contributed by atoms with Gasteiger partial charge in [0.2, 0.25) is 5.91 Å². The summed E-state index contributed by atoms with van der Waals surface area (Å²) in [6, 6.07) is 8.86. The third-order valence-corrected chi connectivity index (χ3v) is 2.91. The topological polar surface area (TPSA) is 81.4 Å². The van der Waals surface area contributed by atoms with E-state index in [0.29, 0.717) is 5.56 Å². The Morgan fingerprint density at radius 2 is 2.14 bits per heavy atom. The Balaban J connectivity index is 2.78. The quantitative estimate of drug-likeness (QED) is 0.813. The second kappa shape index (κ2) is 7.85. The molecule has 1 aromatic rings. The predicted octanol–water partition coefficient (Wildman–Crippen LogP) is 2.28. The van der Waals surface area contributed by atoms with Gasteiger partial charge in [0.25, 0.3) is 0 Å². The molecule has 1 rings (SSSR count). The fourth-order valence-corrected chi connectivity index (χ4v) is 1.81. The van der Waals surface area contributed by atoms with Crippen LogP contribution in [0.1, 0.15) is 31.4 Å². The van der Waals surface area contributed by atoms with E-state index >= 15 is 0 Å². The Morgan fingerprint density at radius 1 is 1.43 bits per heavy atom. The van der Waals surface area contributed by atoms with Gasteiger partial charge >= 0.3 is 5.97 Å². The first-order chi connectivity index (χ1) is 9.93. The molecule has 110 valence electrons. The van der Waals surface area contributed by atoms with E-state index in [0.717, 1.165) is 5.56 Å². The first kappa shape index (κ1) is 16.4. The molecule has 0 spiro atoms. The SMILES string of the molecule is CC(C)N(CCC(=O)O)C(=O)/C=C/c1cccc(C#N)c1. The van der Waals surface area contributed by atoms with Gasteiger partial charge in [-0.05, 0) is 37.6 Å². The molecule has 0 aromatic heterocycles. The average molecular weight is 286 g/mol. The zero-order valence-electron chi connectivity index (χ0n) is 12.1. The molecular weight excluding hydrogens is 268 g/mol. The fourth-order valence-electron chi connectivity index (χ4n) is 1.81. The van der Waals surface area contributed by atoms with E-state index in [1.165, 1.54) is 11.0 Å². The largest absolute Gasteiger partial charge is 0.481 e. The Labute approximate surface area is 124 Å². The van der Waals surface area contributed by atoms with Crippen LogP contribution in [0.3, 0.4) is 0 Å². The van der Waals surface area contributed by atoms with E-state index in [1.54, 1.807) is 30.3 Å². The number of carbonyl (C=O) groups is 2. The van der Waals surface area contributed by atoms with Crippen molar-refractivity contribution in [3.05, 3.63) is 41.5 Å². The highest BCUT2D eigenvalue weighted by molar-refractivity contribution is 5.92. The summed E-state index contributed by atoms with van der Waals surface area (Å²) in [6.45, 7) is 3.85. The van der Waals surface area contributed by atoms with Crippen LogP contribution < -0.4 is 0 Å². The molecule has 1 aromatic carbocycles. The molecule has 0 saturated carbocycles. The van der Waals surface area contributed by atoms with Crippen LogP contribution in [0.25, 0.3) is 6.08 Å². The van der Waals surface area contributed by atoms with Crippen LogP contribution >= 0.6 is 0 Å². The first-order valence-corrected chi connectivity index (χ1v) is 6.64. The zero-order valence-corrected chi connectivity index (χ0v) is 12.1. The number of amides is 1. The van der Waals surface area contributed by atoms with Crippen LogP contribution in [0, 0.1) is 11.3 Å². The van der Waals surface area contributed by atoms with Gasteiger partial charge in [-0.25, -0.2) is 0 Å². The molecule has 5 heteroatoms. The second-order valence-electron chi connectivity index (χ2n) is 4.84. The van der Waals surface area contributed by atoms with Crippen LogP contribution in [0.15, 0.2) is 30.3 Å². The van der Waals surface area contributed by atoms with Gasteiger partial charge in [0.15, 0.2) is 0 Å². The van der Waals surface area contributed by atoms with Crippen molar-refractivity contribution in [3.8, 4) is 6.07 Å². The molecule has 0 radical (unpaired) electrons. The van der Waals surface area contributed by atoms with Crippen molar-refractivity contribution in [3.63, 3.8) is 0 Å². The van der Waals surface area contributed by atoms with Gasteiger partial charge in [-0.15, -0.1) is 0 Å². The third-order valence-electron chi connectivity index (χ3n) is 2.91. The van der Waals surface area contributed by atoms with Gasteiger partial charge in [0.1, 0.15) is 0 Å². The van der Waals surface area contributed by atoms with Gasteiger partial charge in [0.05, 0.1) is 18.1 Å². The lowest BCUT2D eigenvalue weighted by molar-refractivity contribution is -0.138. The Hall–Kier alpha value is -2.61. The lowest BCUT2D eigenvalue weighted by atomic mass is 10.1. The van der Waals surface area contributed by atoms with Gasteiger partial charge in [0, 0.05) is 18.7 Å². The normalized spacial score (nSPS) is 10.6. The summed E-state index contributed by atoms with van der Waals surface area (Å²) in [6.07, 6.45) is 2.94. The molecule has 0 aliphatic heterocycles. The highest BCUT2D eigenvalue weighted by Gasteiger charge is 2.15. The average Bonchev–Trinajstić information content (AvgIpc) is 2.44. The Morgan fingerprint density at radius 3 is 2.71 bits per heavy atom. The van der Waals surface area contributed by atoms with Gasteiger partial charge in [-0.3, -0.25) is 9.59 Å². The number of nitrogens with zero attached hydrogens (tertiary/aromatic N) is 2. The minimum Gasteiger partial charge on any atom is -0.481 e. The Bertz CT molecular complexity index is 585. The highest BCUT2D eigenvalue weighted by Crippen LogP contribution is 2.08. The first-order valence-electron chi connectivity index (χ1n) is 6.64. The molecular formula is C16H18N2O3. The molecule has 0 bridgehead atoms. The molecule has 0 atom stereocenters. The van der Waals surface area contributed by atoms with Crippen molar-refractivity contribution >= 4 is 18.0 Å². The standard InChI is InChI=1S/C16H18N2O3/c1-12(2)18(9-8-16(20)21)15(19)7-6-13-4-3-5-14(10-13)11-17/h3-7,10,12H,8-9H2,1-2H3,(H,20,21)/b7-6+. The van der Waals surface area contributed by atoms with Crippen molar-refractivity contribution in [2.75, 3.05) is 6.54 Å². The third kappa shape index (κ3) is 5.49. The van der Waals surface area contributed by atoms with Crippen molar-refractivity contribution < 1.29 is 14.7 Å². The number of carboxylic acid groups (broad SMARTS) is 1. The minimum atomic E-state index is -0.931. The van der Waals surface area contributed by atoms with Crippen molar-refractivity contribution in [2.24, 2.45) is 0 Å². The van der Waals surface area contributed by atoms with E-state index < -0.39 is 5.97 Å². The number of carboxylic acids is 1. The summed E-state index contributed by atoms with van der Waals surface area (Å²) < 4.78 is 0. The van der Waals surface area contributed by atoms with Crippen LogP contribution in [0.4, 0.5) is 0 Å². The number of nitriles is 1. The number of benzene rings is 1. The van der Waals surface area contributed by atoms with Crippen LogP contribution in [0.5, 0.6) is 0 Å². The van der Waals surface area contributed by atoms with Gasteiger partial charge in [-0.2, -0.15) is 5.26 Å². The molecule has 0 unspecified atom stereocenters. The lowest BCUT2D eigenvalue weighted by Crippen LogP contribution is -2.37. The Kier molecular flexibility index (Phi) is 6.15. The lowest BCUT2D eigenvalue weighted by Gasteiger charge is -2.24. The van der Waals surface area contributed by atoms with E-state index in [4.69, 9.17) is 10.4 Å². The van der Waals surface area contributed by atoms with E-state index in [2.05, 4.69) is 0 Å². The molecule has 0 saturated heterocycles. The van der Waals surface area contributed by atoms with Crippen LogP contribution in [0.2, 0.25) is 0 Å². The molecule has 21 heavy (non-hydrogen) atoms. The summed E-state index contributed by atoms with van der Waals surface area (Å²) in [5, 5.41) is 17.5. The molecule has 1 N–H and O–H groups in total. The summed E-state index contributed by atoms with van der Waals surface area (Å²) in [7, 11) is 0. The van der Waals surface area contributed by atoms with E-state index in [-0.39, 0.29) is 24.9 Å². The molecule has 1 amide bonds. The monoisotopic (exact) mass is 286 g/mol. The number of hydrogen-bond acceptors (Lipinski definition) is 3. The predicted molar refractivity (Wildman–Crippen MR) is 79.3 cm³/mol. The van der Waals surface area contributed by atoms with Gasteiger partial charge in [-0.1, -0.05) is 12.1 Å². The van der Waals surface area contributed by atoms with Crippen molar-refractivity contribution in [2.45, 2.75) is 26.3 Å². The number of rotatable bonds is 6.